The lowest BCUT2D eigenvalue weighted by Crippen LogP contribution is -2.30. The molecule has 3 aromatic rings. The number of fused-ring (bicyclic) bond motifs is 3. The Morgan fingerprint density at radius 2 is 1.67 bits per heavy atom. The summed E-state index contributed by atoms with van der Waals surface area (Å²) < 4.78 is 16.1. The number of hydrogen-bond donors (Lipinski definition) is 0. The Labute approximate surface area is 142 Å². The predicted octanol–water partition coefficient (Wildman–Crippen LogP) is 4.93. The molecule has 0 atom stereocenters. The fourth-order valence-electron chi connectivity index (χ4n) is 4.03. The fraction of sp³-hybridized carbons (Fsp3) is 0.227. The minimum absolute atomic E-state index is 0.117. The molecule has 1 heterocycles. The molecule has 24 heavy (non-hydrogen) atoms. The van der Waals surface area contributed by atoms with Gasteiger partial charge in [-0.25, -0.2) is 8.96 Å². The van der Waals surface area contributed by atoms with Crippen LogP contribution in [-0.2, 0) is 12.5 Å². The monoisotopic (exact) mass is 318 g/mol. The summed E-state index contributed by atoms with van der Waals surface area (Å²) >= 11 is 0. The maximum atomic E-state index is 14.0. The number of halogens is 1. The number of aromatic nitrogens is 1. The molecular formula is C22H21FN+. The number of aryl methyl sites for hydroxylation is 2. The fourth-order valence-corrected chi connectivity index (χ4v) is 4.03. The Morgan fingerprint density at radius 3 is 2.42 bits per heavy atom. The molecule has 0 unspecified atom stereocenters. The van der Waals surface area contributed by atoms with Crippen molar-refractivity contribution in [2.24, 2.45) is 7.05 Å². The van der Waals surface area contributed by atoms with Crippen LogP contribution in [0, 0.1) is 12.7 Å². The summed E-state index contributed by atoms with van der Waals surface area (Å²) in [6.45, 7) is 6.58. The highest BCUT2D eigenvalue weighted by molar-refractivity contribution is 5.92. The Kier molecular flexibility index (Phi) is 3.14. The van der Waals surface area contributed by atoms with Crippen LogP contribution in [0.1, 0.15) is 30.5 Å². The van der Waals surface area contributed by atoms with Gasteiger partial charge in [-0.05, 0) is 47.4 Å². The van der Waals surface area contributed by atoms with E-state index < -0.39 is 0 Å². The van der Waals surface area contributed by atoms with E-state index >= 15 is 0 Å². The standard InChI is InChI=1S/C22H21FN/c1-14-8-10-18-21(20(14)19-7-5-6-12-24(19)4)16-13-15(23)9-11-17(16)22(18,2)3/h5-13H,1-4H3/q+1. The average molecular weight is 318 g/mol. The van der Waals surface area contributed by atoms with Crippen LogP contribution in [0.4, 0.5) is 4.39 Å². The second-order valence-corrected chi connectivity index (χ2v) is 7.19. The number of nitrogens with zero attached hydrogens (tertiary/aromatic N) is 1. The van der Waals surface area contributed by atoms with Crippen molar-refractivity contribution in [1.82, 2.24) is 0 Å². The van der Waals surface area contributed by atoms with Gasteiger partial charge >= 0.3 is 0 Å². The molecule has 2 heteroatoms. The summed E-state index contributed by atoms with van der Waals surface area (Å²) in [7, 11) is 2.06. The Balaban J connectivity index is 2.15. The van der Waals surface area contributed by atoms with E-state index in [-0.39, 0.29) is 11.2 Å². The topological polar surface area (TPSA) is 3.88 Å². The molecule has 0 N–H and O–H groups in total. The van der Waals surface area contributed by atoms with Gasteiger partial charge in [0.2, 0.25) is 5.69 Å². The van der Waals surface area contributed by atoms with Crippen LogP contribution in [0.25, 0.3) is 22.4 Å². The highest BCUT2D eigenvalue weighted by atomic mass is 19.1. The summed E-state index contributed by atoms with van der Waals surface area (Å²) in [5, 5.41) is 0. The van der Waals surface area contributed by atoms with Gasteiger partial charge in [0, 0.05) is 23.1 Å². The van der Waals surface area contributed by atoms with Gasteiger partial charge in [-0.3, -0.25) is 0 Å². The quantitative estimate of drug-likeness (QED) is 0.560. The van der Waals surface area contributed by atoms with Gasteiger partial charge in [0.05, 0.1) is 5.56 Å². The van der Waals surface area contributed by atoms with Crippen LogP contribution in [0.2, 0.25) is 0 Å². The largest absolute Gasteiger partial charge is 0.213 e. The minimum atomic E-state index is -0.178. The van der Waals surface area contributed by atoms with E-state index in [4.69, 9.17) is 0 Å². The van der Waals surface area contributed by atoms with E-state index in [1.807, 2.05) is 12.1 Å². The third-order valence-corrected chi connectivity index (χ3v) is 5.32. The molecule has 2 aromatic carbocycles. The van der Waals surface area contributed by atoms with Crippen molar-refractivity contribution in [3.8, 4) is 22.4 Å². The zero-order valence-corrected chi connectivity index (χ0v) is 14.5. The van der Waals surface area contributed by atoms with Gasteiger partial charge in [0.1, 0.15) is 12.9 Å². The molecule has 120 valence electrons. The van der Waals surface area contributed by atoms with Crippen molar-refractivity contribution in [3.05, 3.63) is 77.2 Å². The van der Waals surface area contributed by atoms with E-state index in [0.29, 0.717) is 0 Å². The highest BCUT2D eigenvalue weighted by Crippen LogP contribution is 2.52. The lowest BCUT2D eigenvalue weighted by molar-refractivity contribution is -0.660. The van der Waals surface area contributed by atoms with Crippen molar-refractivity contribution in [1.29, 1.82) is 0 Å². The van der Waals surface area contributed by atoms with Crippen LogP contribution < -0.4 is 4.57 Å². The molecule has 1 nitrogen and oxygen atoms in total. The maximum absolute atomic E-state index is 14.0. The summed E-state index contributed by atoms with van der Waals surface area (Å²) in [5.74, 6) is -0.178. The molecule has 0 spiro atoms. The molecule has 1 aliphatic rings. The molecule has 0 amide bonds. The molecule has 0 bridgehead atoms. The summed E-state index contributed by atoms with van der Waals surface area (Å²) in [6.07, 6.45) is 2.06. The maximum Gasteiger partial charge on any atom is 0.213 e. The van der Waals surface area contributed by atoms with Gasteiger partial charge in [-0.15, -0.1) is 0 Å². The molecule has 0 saturated carbocycles. The number of benzene rings is 2. The lowest BCUT2D eigenvalue weighted by atomic mass is 9.81. The van der Waals surface area contributed by atoms with Crippen LogP contribution in [-0.4, -0.2) is 0 Å². The van der Waals surface area contributed by atoms with Gasteiger partial charge in [0.25, 0.3) is 0 Å². The molecule has 0 fully saturated rings. The first-order valence-corrected chi connectivity index (χ1v) is 8.31. The Bertz CT molecular complexity index is 970. The SMILES string of the molecule is Cc1ccc2c(c1-c1cccc[n+]1C)-c1cc(F)ccc1C2(C)C. The molecule has 1 aromatic heterocycles. The smallest absolute Gasteiger partial charge is 0.207 e. The normalized spacial score (nSPS) is 14.4. The number of rotatable bonds is 1. The third-order valence-electron chi connectivity index (χ3n) is 5.32. The van der Waals surface area contributed by atoms with Gasteiger partial charge in [0.15, 0.2) is 6.20 Å². The number of hydrogen-bond acceptors (Lipinski definition) is 0. The van der Waals surface area contributed by atoms with Crippen LogP contribution in [0.15, 0.2) is 54.7 Å². The zero-order chi connectivity index (χ0) is 17.1. The molecule has 0 saturated heterocycles. The lowest BCUT2D eigenvalue weighted by Gasteiger charge is -2.21. The van der Waals surface area contributed by atoms with E-state index in [2.05, 4.69) is 62.8 Å². The van der Waals surface area contributed by atoms with Crippen molar-refractivity contribution < 1.29 is 8.96 Å². The van der Waals surface area contributed by atoms with Crippen molar-refractivity contribution in [3.63, 3.8) is 0 Å². The second-order valence-electron chi connectivity index (χ2n) is 7.19. The average Bonchev–Trinajstić information content (AvgIpc) is 2.76. The van der Waals surface area contributed by atoms with Crippen molar-refractivity contribution in [2.75, 3.05) is 0 Å². The number of pyridine rings is 1. The van der Waals surface area contributed by atoms with Crippen LogP contribution >= 0.6 is 0 Å². The van der Waals surface area contributed by atoms with Crippen molar-refractivity contribution in [2.45, 2.75) is 26.2 Å². The summed E-state index contributed by atoms with van der Waals surface area (Å²) in [6, 6.07) is 15.8. The molecule has 0 aliphatic heterocycles. The minimum Gasteiger partial charge on any atom is -0.207 e. The van der Waals surface area contributed by atoms with E-state index in [1.54, 1.807) is 12.1 Å². The highest BCUT2D eigenvalue weighted by Gasteiger charge is 2.38. The second kappa shape index (κ2) is 5.01. The first-order chi connectivity index (χ1) is 11.4. The first-order valence-electron chi connectivity index (χ1n) is 8.31. The molecule has 4 rings (SSSR count). The Hall–Kier alpha value is -2.48. The first kappa shape index (κ1) is 15.1. The molecular weight excluding hydrogens is 297 g/mol. The molecule has 1 aliphatic carbocycles. The summed E-state index contributed by atoms with van der Waals surface area (Å²) in [4.78, 5) is 0. The zero-order valence-electron chi connectivity index (χ0n) is 14.5. The van der Waals surface area contributed by atoms with E-state index in [1.165, 1.54) is 27.8 Å². The summed E-state index contributed by atoms with van der Waals surface area (Å²) in [5.41, 5.74) is 8.12. The van der Waals surface area contributed by atoms with E-state index in [9.17, 15) is 4.39 Å². The van der Waals surface area contributed by atoms with Gasteiger partial charge in [-0.1, -0.05) is 32.0 Å². The van der Waals surface area contributed by atoms with Crippen LogP contribution in [0.5, 0.6) is 0 Å². The van der Waals surface area contributed by atoms with Crippen molar-refractivity contribution >= 4 is 0 Å². The van der Waals surface area contributed by atoms with Crippen LogP contribution in [0.3, 0.4) is 0 Å². The predicted molar refractivity (Wildman–Crippen MR) is 95.3 cm³/mol. The third kappa shape index (κ3) is 1.96. The van der Waals surface area contributed by atoms with Gasteiger partial charge < -0.3 is 0 Å². The van der Waals surface area contributed by atoms with E-state index in [0.717, 1.165) is 11.3 Å². The molecule has 0 radical (unpaired) electrons. The van der Waals surface area contributed by atoms with Gasteiger partial charge in [-0.2, -0.15) is 0 Å². The Morgan fingerprint density at radius 1 is 0.917 bits per heavy atom.